The predicted molar refractivity (Wildman–Crippen MR) is 55.3 cm³/mol. The zero-order chi connectivity index (χ0) is 11.8. The molecular weight excluding hydrogens is 198 g/mol. The first-order valence-corrected chi connectivity index (χ1v) is 5.08. The first-order chi connectivity index (χ1) is 6.91. The van der Waals surface area contributed by atoms with E-state index in [1.807, 2.05) is 0 Å². The number of rotatable bonds is 7. The van der Waals surface area contributed by atoms with Gasteiger partial charge in [0.1, 0.15) is 0 Å². The molecule has 0 aliphatic rings. The van der Waals surface area contributed by atoms with Crippen molar-refractivity contribution in [3.8, 4) is 0 Å². The Hall–Kier alpha value is -1.10. The molecule has 0 bridgehead atoms. The van der Waals surface area contributed by atoms with Crippen LogP contribution in [0.3, 0.4) is 0 Å². The minimum Gasteiger partial charge on any atom is -0.481 e. The Kier molecular flexibility index (Phi) is 6.70. The summed E-state index contributed by atoms with van der Waals surface area (Å²) in [6, 6.07) is 0. The molecule has 88 valence electrons. The van der Waals surface area contributed by atoms with Gasteiger partial charge in [-0.15, -0.1) is 0 Å². The van der Waals surface area contributed by atoms with Crippen LogP contribution >= 0.6 is 0 Å². The number of nitrogens with one attached hydrogen (secondary N) is 1. The lowest BCUT2D eigenvalue weighted by molar-refractivity contribution is -0.138. The van der Waals surface area contributed by atoms with E-state index in [0.717, 1.165) is 0 Å². The third kappa shape index (κ3) is 9.21. The highest BCUT2D eigenvalue weighted by molar-refractivity contribution is 5.77. The maximum absolute atomic E-state index is 11.2. The van der Waals surface area contributed by atoms with Crippen molar-refractivity contribution < 1.29 is 19.8 Å². The molecule has 5 heteroatoms. The number of aliphatic carboxylic acids is 1. The zero-order valence-electron chi connectivity index (χ0n) is 9.19. The Morgan fingerprint density at radius 2 is 1.87 bits per heavy atom. The molecule has 0 aromatic carbocycles. The highest BCUT2D eigenvalue weighted by Gasteiger charge is 2.12. The summed E-state index contributed by atoms with van der Waals surface area (Å²) in [5, 5.41) is 20.0. The van der Waals surface area contributed by atoms with E-state index in [4.69, 9.17) is 10.2 Å². The van der Waals surface area contributed by atoms with Crippen molar-refractivity contribution in [2.75, 3.05) is 6.54 Å². The van der Waals surface area contributed by atoms with Crippen molar-refractivity contribution in [1.29, 1.82) is 0 Å². The molecule has 2 atom stereocenters. The second kappa shape index (κ2) is 7.23. The van der Waals surface area contributed by atoms with E-state index in [-0.39, 0.29) is 24.7 Å². The first kappa shape index (κ1) is 13.9. The molecule has 0 fully saturated rings. The number of amides is 1. The summed E-state index contributed by atoms with van der Waals surface area (Å²) in [6.45, 7) is 3.80. The summed E-state index contributed by atoms with van der Waals surface area (Å²) in [5.74, 6) is -1.21. The third-order valence-electron chi connectivity index (χ3n) is 1.94. The van der Waals surface area contributed by atoms with Crippen molar-refractivity contribution in [3.63, 3.8) is 0 Å². The summed E-state index contributed by atoms with van der Waals surface area (Å²) in [6.07, 6.45) is 0.302. The van der Waals surface area contributed by atoms with E-state index in [0.29, 0.717) is 13.0 Å². The van der Waals surface area contributed by atoms with Crippen LogP contribution < -0.4 is 5.32 Å². The Morgan fingerprint density at radius 3 is 2.33 bits per heavy atom. The largest absolute Gasteiger partial charge is 0.481 e. The quantitative estimate of drug-likeness (QED) is 0.575. The SMILES string of the molecule is CC(O)CCNC(=O)CC(C)CC(=O)O. The van der Waals surface area contributed by atoms with Gasteiger partial charge in [-0.25, -0.2) is 0 Å². The lowest BCUT2D eigenvalue weighted by Gasteiger charge is -2.09. The van der Waals surface area contributed by atoms with Gasteiger partial charge in [0.05, 0.1) is 6.10 Å². The summed E-state index contributed by atoms with van der Waals surface area (Å²) < 4.78 is 0. The zero-order valence-corrected chi connectivity index (χ0v) is 9.19. The van der Waals surface area contributed by atoms with Crippen LogP contribution in [-0.4, -0.2) is 34.7 Å². The second-order valence-electron chi connectivity index (χ2n) is 3.89. The van der Waals surface area contributed by atoms with Gasteiger partial charge in [-0.1, -0.05) is 6.92 Å². The van der Waals surface area contributed by atoms with E-state index < -0.39 is 12.1 Å². The Morgan fingerprint density at radius 1 is 1.27 bits per heavy atom. The normalized spacial score (nSPS) is 14.3. The molecule has 0 saturated heterocycles. The van der Waals surface area contributed by atoms with Crippen LogP contribution in [0.5, 0.6) is 0 Å². The molecule has 0 radical (unpaired) electrons. The van der Waals surface area contributed by atoms with Gasteiger partial charge < -0.3 is 15.5 Å². The number of carboxylic acids is 1. The molecular formula is C10H19NO4. The van der Waals surface area contributed by atoms with Crippen LogP contribution in [0.2, 0.25) is 0 Å². The van der Waals surface area contributed by atoms with Gasteiger partial charge in [-0.2, -0.15) is 0 Å². The summed E-state index contributed by atoms with van der Waals surface area (Å²) in [4.78, 5) is 21.6. The van der Waals surface area contributed by atoms with Crippen LogP contribution in [0, 0.1) is 5.92 Å². The summed E-state index contributed by atoms with van der Waals surface area (Å²) >= 11 is 0. The van der Waals surface area contributed by atoms with Crippen LogP contribution in [0.25, 0.3) is 0 Å². The van der Waals surface area contributed by atoms with Crippen molar-refractivity contribution in [2.45, 2.75) is 39.2 Å². The van der Waals surface area contributed by atoms with Gasteiger partial charge in [0.25, 0.3) is 0 Å². The number of carbonyl (C=O) groups is 2. The smallest absolute Gasteiger partial charge is 0.303 e. The number of aliphatic hydroxyl groups is 1. The fourth-order valence-electron chi connectivity index (χ4n) is 1.18. The molecule has 0 saturated carbocycles. The van der Waals surface area contributed by atoms with E-state index >= 15 is 0 Å². The van der Waals surface area contributed by atoms with Crippen molar-refractivity contribution in [1.82, 2.24) is 5.32 Å². The van der Waals surface area contributed by atoms with Gasteiger partial charge in [0, 0.05) is 19.4 Å². The average Bonchev–Trinajstić information content (AvgIpc) is 2.00. The number of hydrogen-bond acceptors (Lipinski definition) is 3. The van der Waals surface area contributed by atoms with Gasteiger partial charge in [0.15, 0.2) is 0 Å². The second-order valence-corrected chi connectivity index (χ2v) is 3.89. The van der Waals surface area contributed by atoms with Crippen LogP contribution in [-0.2, 0) is 9.59 Å². The van der Waals surface area contributed by atoms with E-state index in [2.05, 4.69) is 5.32 Å². The molecule has 0 heterocycles. The molecule has 2 unspecified atom stereocenters. The van der Waals surface area contributed by atoms with Gasteiger partial charge >= 0.3 is 5.97 Å². The average molecular weight is 217 g/mol. The highest BCUT2D eigenvalue weighted by Crippen LogP contribution is 2.06. The minimum absolute atomic E-state index is 0.00379. The topological polar surface area (TPSA) is 86.6 Å². The van der Waals surface area contributed by atoms with Crippen molar-refractivity contribution in [3.05, 3.63) is 0 Å². The molecule has 0 aliphatic heterocycles. The Bertz CT molecular complexity index is 215. The van der Waals surface area contributed by atoms with E-state index in [1.165, 1.54) is 0 Å². The number of aliphatic hydroxyl groups excluding tert-OH is 1. The van der Waals surface area contributed by atoms with Gasteiger partial charge in [-0.3, -0.25) is 9.59 Å². The molecule has 0 spiro atoms. The molecule has 3 N–H and O–H groups in total. The minimum atomic E-state index is -0.890. The predicted octanol–water partition coefficient (Wildman–Crippen LogP) is 0.374. The van der Waals surface area contributed by atoms with E-state index in [1.54, 1.807) is 13.8 Å². The third-order valence-corrected chi connectivity index (χ3v) is 1.94. The summed E-state index contributed by atoms with van der Waals surface area (Å²) in [5.41, 5.74) is 0. The van der Waals surface area contributed by atoms with Gasteiger partial charge in [-0.05, 0) is 19.3 Å². The molecule has 1 amide bonds. The summed E-state index contributed by atoms with van der Waals surface area (Å²) in [7, 11) is 0. The van der Waals surface area contributed by atoms with Crippen molar-refractivity contribution >= 4 is 11.9 Å². The fourth-order valence-corrected chi connectivity index (χ4v) is 1.18. The Balaban J connectivity index is 3.60. The number of carbonyl (C=O) groups excluding carboxylic acids is 1. The number of carboxylic acid groups (broad SMARTS) is 1. The standard InChI is InChI=1S/C10H19NO4/c1-7(6-10(14)15)5-9(13)11-4-3-8(2)12/h7-8,12H,3-6H2,1-2H3,(H,11,13)(H,14,15). The fraction of sp³-hybridized carbons (Fsp3) is 0.800. The molecule has 0 aliphatic carbocycles. The molecule has 0 aromatic heterocycles. The molecule has 0 rings (SSSR count). The number of hydrogen-bond donors (Lipinski definition) is 3. The first-order valence-electron chi connectivity index (χ1n) is 5.08. The van der Waals surface area contributed by atoms with Crippen LogP contribution in [0.1, 0.15) is 33.1 Å². The van der Waals surface area contributed by atoms with Crippen LogP contribution in [0.4, 0.5) is 0 Å². The lowest BCUT2D eigenvalue weighted by Crippen LogP contribution is -2.28. The molecule has 5 nitrogen and oxygen atoms in total. The maximum Gasteiger partial charge on any atom is 0.303 e. The monoisotopic (exact) mass is 217 g/mol. The van der Waals surface area contributed by atoms with Gasteiger partial charge in [0.2, 0.25) is 5.91 Å². The Labute approximate surface area is 89.5 Å². The molecule has 15 heavy (non-hydrogen) atoms. The molecule has 0 aromatic rings. The van der Waals surface area contributed by atoms with Crippen LogP contribution in [0.15, 0.2) is 0 Å². The lowest BCUT2D eigenvalue weighted by atomic mass is 10.0. The van der Waals surface area contributed by atoms with Crippen molar-refractivity contribution in [2.24, 2.45) is 5.92 Å². The highest BCUT2D eigenvalue weighted by atomic mass is 16.4. The maximum atomic E-state index is 11.2. The van der Waals surface area contributed by atoms with E-state index in [9.17, 15) is 9.59 Å².